The summed E-state index contributed by atoms with van der Waals surface area (Å²) in [6.07, 6.45) is 2.32. The van der Waals surface area contributed by atoms with Gasteiger partial charge in [0, 0.05) is 24.7 Å². The quantitative estimate of drug-likeness (QED) is 0.734. The highest BCUT2D eigenvalue weighted by Gasteiger charge is 2.15. The Morgan fingerprint density at radius 3 is 2.25 bits per heavy atom. The molecule has 0 fully saturated rings. The average molecular weight is 279 g/mol. The molecule has 0 radical (unpaired) electrons. The van der Waals surface area contributed by atoms with Crippen molar-refractivity contribution in [2.24, 2.45) is 0 Å². The minimum atomic E-state index is 0.150. The average Bonchev–Trinajstić information content (AvgIpc) is 2.47. The van der Waals surface area contributed by atoms with E-state index in [2.05, 4.69) is 13.8 Å². The van der Waals surface area contributed by atoms with Crippen molar-refractivity contribution in [2.45, 2.75) is 33.1 Å². The fourth-order valence-corrected chi connectivity index (χ4v) is 2.17. The van der Waals surface area contributed by atoms with E-state index in [1.54, 1.807) is 14.2 Å². The molecule has 0 heterocycles. The Hall–Kier alpha value is -1.71. The summed E-state index contributed by atoms with van der Waals surface area (Å²) in [5, 5.41) is 0. The highest BCUT2D eigenvalue weighted by Crippen LogP contribution is 2.25. The molecule has 0 aliphatic carbocycles. The number of carbonyl (C=O) groups excluding carboxylic acids is 1. The number of amides is 1. The monoisotopic (exact) mass is 279 g/mol. The van der Waals surface area contributed by atoms with Gasteiger partial charge in [0.05, 0.1) is 20.6 Å². The number of hydrogen-bond donors (Lipinski definition) is 0. The molecular formula is C16H25NO3. The Labute approximate surface area is 121 Å². The van der Waals surface area contributed by atoms with Crippen LogP contribution in [0.25, 0.3) is 0 Å². The van der Waals surface area contributed by atoms with Gasteiger partial charge in [0.15, 0.2) is 0 Å². The lowest BCUT2D eigenvalue weighted by molar-refractivity contribution is -0.130. The van der Waals surface area contributed by atoms with Crippen LogP contribution < -0.4 is 9.47 Å². The van der Waals surface area contributed by atoms with Crippen molar-refractivity contribution in [3.63, 3.8) is 0 Å². The second-order valence-electron chi connectivity index (χ2n) is 4.74. The maximum Gasteiger partial charge on any atom is 0.227 e. The van der Waals surface area contributed by atoms with Crippen LogP contribution >= 0.6 is 0 Å². The largest absolute Gasteiger partial charge is 0.497 e. The SMILES string of the molecule is CCCN(CCC)C(=O)Cc1ccc(OC)cc1OC. The molecule has 0 saturated carbocycles. The van der Waals surface area contributed by atoms with Crippen LogP contribution in [0.2, 0.25) is 0 Å². The Bertz CT molecular complexity index is 426. The summed E-state index contributed by atoms with van der Waals surface area (Å²) in [6, 6.07) is 5.56. The Morgan fingerprint density at radius 1 is 1.10 bits per heavy atom. The van der Waals surface area contributed by atoms with Gasteiger partial charge < -0.3 is 14.4 Å². The number of rotatable bonds is 8. The third-order valence-electron chi connectivity index (χ3n) is 3.18. The van der Waals surface area contributed by atoms with Gasteiger partial charge in [0.2, 0.25) is 5.91 Å². The minimum absolute atomic E-state index is 0.150. The fraction of sp³-hybridized carbons (Fsp3) is 0.562. The van der Waals surface area contributed by atoms with Gasteiger partial charge in [-0.1, -0.05) is 19.9 Å². The maximum atomic E-state index is 12.4. The third-order valence-corrected chi connectivity index (χ3v) is 3.18. The molecule has 112 valence electrons. The molecule has 0 unspecified atom stereocenters. The van der Waals surface area contributed by atoms with E-state index in [9.17, 15) is 4.79 Å². The molecule has 20 heavy (non-hydrogen) atoms. The summed E-state index contributed by atoms with van der Waals surface area (Å²) in [7, 11) is 3.22. The van der Waals surface area contributed by atoms with Crippen LogP contribution in [0.15, 0.2) is 18.2 Å². The molecule has 4 nitrogen and oxygen atoms in total. The van der Waals surface area contributed by atoms with E-state index in [1.807, 2.05) is 23.1 Å². The standard InChI is InChI=1S/C16H25NO3/c1-5-9-17(10-6-2)16(18)11-13-7-8-14(19-3)12-15(13)20-4/h7-8,12H,5-6,9-11H2,1-4H3. The Morgan fingerprint density at radius 2 is 1.75 bits per heavy atom. The first kappa shape index (κ1) is 16.3. The zero-order valence-electron chi connectivity index (χ0n) is 12.9. The van der Waals surface area contributed by atoms with Crippen LogP contribution in [-0.4, -0.2) is 38.1 Å². The lowest BCUT2D eigenvalue weighted by Gasteiger charge is -2.22. The van der Waals surface area contributed by atoms with Crippen molar-refractivity contribution in [3.8, 4) is 11.5 Å². The van der Waals surface area contributed by atoms with Gasteiger partial charge in [-0.05, 0) is 18.9 Å². The first-order chi connectivity index (χ1) is 9.65. The molecule has 0 spiro atoms. The molecule has 0 aliphatic heterocycles. The van der Waals surface area contributed by atoms with E-state index < -0.39 is 0 Å². The van der Waals surface area contributed by atoms with E-state index in [4.69, 9.17) is 9.47 Å². The van der Waals surface area contributed by atoms with Crippen LogP contribution in [0, 0.1) is 0 Å². The predicted molar refractivity (Wildman–Crippen MR) is 80.4 cm³/mol. The number of benzene rings is 1. The van der Waals surface area contributed by atoms with Crippen molar-refractivity contribution >= 4 is 5.91 Å². The summed E-state index contributed by atoms with van der Waals surface area (Å²) in [5.74, 6) is 1.58. The second kappa shape index (κ2) is 8.46. The summed E-state index contributed by atoms with van der Waals surface area (Å²) in [5.41, 5.74) is 0.899. The van der Waals surface area contributed by atoms with Crippen molar-refractivity contribution in [1.82, 2.24) is 4.90 Å². The van der Waals surface area contributed by atoms with E-state index in [0.29, 0.717) is 12.2 Å². The number of nitrogens with zero attached hydrogens (tertiary/aromatic N) is 1. The third kappa shape index (κ3) is 4.44. The highest BCUT2D eigenvalue weighted by atomic mass is 16.5. The lowest BCUT2D eigenvalue weighted by Crippen LogP contribution is -2.33. The number of hydrogen-bond acceptors (Lipinski definition) is 3. The van der Waals surface area contributed by atoms with Gasteiger partial charge in [0.25, 0.3) is 0 Å². The van der Waals surface area contributed by atoms with Crippen LogP contribution in [-0.2, 0) is 11.2 Å². The Kier molecular flexibility index (Phi) is 6.91. The normalized spacial score (nSPS) is 10.2. The molecule has 1 aromatic carbocycles. The molecule has 0 aliphatic rings. The molecule has 0 atom stereocenters. The van der Waals surface area contributed by atoms with Gasteiger partial charge in [0.1, 0.15) is 11.5 Å². The van der Waals surface area contributed by atoms with E-state index in [0.717, 1.165) is 37.2 Å². The van der Waals surface area contributed by atoms with Crippen LogP contribution in [0.4, 0.5) is 0 Å². The molecule has 0 aromatic heterocycles. The van der Waals surface area contributed by atoms with E-state index in [1.165, 1.54) is 0 Å². The Balaban J connectivity index is 2.82. The summed E-state index contributed by atoms with van der Waals surface area (Å²) in [6.45, 7) is 5.80. The molecule has 0 N–H and O–H groups in total. The molecule has 4 heteroatoms. The van der Waals surface area contributed by atoms with Gasteiger partial charge >= 0.3 is 0 Å². The first-order valence-corrected chi connectivity index (χ1v) is 7.14. The molecule has 1 rings (SSSR count). The first-order valence-electron chi connectivity index (χ1n) is 7.14. The van der Waals surface area contributed by atoms with Crippen molar-refractivity contribution < 1.29 is 14.3 Å². The topological polar surface area (TPSA) is 38.8 Å². The van der Waals surface area contributed by atoms with Crippen LogP contribution in [0.5, 0.6) is 11.5 Å². The van der Waals surface area contributed by atoms with E-state index >= 15 is 0 Å². The van der Waals surface area contributed by atoms with Crippen molar-refractivity contribution in [1.29, 1.82) is 0 Å². The molecular weight excluding hydrogens is 254 g/mol. The number of ether oxygens (including phenoxy) is 2. The second-order valence-corrected chi connectivity index (χ2v) is 4.74. The van der Waals surface area contributed by atoms with Crippen molar-refractivity contribution in [3.05, 3.63) is 23.8 Å². The maximum absolute atomic E-state index is 12.4. The lowest BCUT2D eigenvalue weighted by atomic mass is 10.1. The van der Waals surface area contributed by atoms with Gasteiger partial charge in [-0.2, -0.15) is 0 Å². The minimum Gasteiger partial charge on any atom is -0.497 e. The summed E-state index contributed by atoms with van der Waals surface area (Å²) in [4.78, 5) is 14.3. The number of carbonyl (C=O) groups is 1. The van der Waals surface area contributed by atoms with Crippen LogP contribution in [0.1, 0.15) is 32.3 Å². The predicted octanol–water partition coefficient (Wildman–Crippen LogP) is 2.89. The molecule has 1 amide bonds. The zero-order chi connectivity index (χ0) is 15.0. The van der Waals surface area contributed by atoms with Crippen molar-refractivity contribution in [2.75, 3.05) is 27.3 Å². The smallest absolute Gasteiger partial charge is 0.227 e. The van der Waals surface area contributed by atoms with Crippen LogP contribution in [0.3, 0.4) is 0 Å². The van der Waals surface area contributed by atoms with E-state index in [-0.39, 0.29) is 5.91 Å². The fourth-order valence-electron chi connectivity index (χ4n) is 2.17. The highest BCUT2D eigenvalue weighted by molar-refractivity contribution is 5.79. The molecule has 0 saturated heterocycles. The van der Waals surface area contributed by atoms with Gasteiger partial charge in [-0.15, -0.1) is 0 Å². The zero-order valence-corrected chi connectivity index (χ0v) is 12.9. The van der Waals surface area contributed by atoms with Gasteiger partial charge in [-0.3, -0.25) is 4.79 Å². The summed E-state index contributed by atoms with van der Waals surface area (Å²) >= 11 is 0. The molecule has 0 bridgehead atoms. The molecule has 1 aromatic rings. The summed E-state index contributed by atoms with van der Waals surface area (Å²) < 4.78 is 10.5. The van der Waals surface area contributed by atoms with Gasteiger partial charge in [-0.25, -0.2) is 0 Å². The number of methoxy groups -OCH3 is 2.